The van der Waals surface area contributed by atoms with E-state index in [2.05, 4.69) is 36.4 Å². The van der Waals surface area contributed by atoms with Gasteiger partial charge in [-0.2, -0.15) is 10.4 Å². The SMILES string of the molecule is CCCNC(C)(C#N)CC(C)Sc1cc(C)nn1C. The Morgan fingerprint density at radius 3 is 2.79 bits per heavy atom. The van der Waals surface area contributed by atoms with E-state index in [0.717, 1.165) is 30.1 Å². The van der Waals surface area contributed by atoms with Crippen LogP contribution < -0.4 is 5.32 Å². The monoisotopic (exact) mass is 280 g/mol. The van der Waals surface area contributed by atoms with Crippen LogP contribution in [-0.4, -0.2) is 27.1 Å². The molecule has 0 aromatic carbocycles. The van der Waals surface area contributed by atoms with Gasteiger partial charge in [-0.05, 0) is 39.3 Å². The second kappa shape index (κ2) is 6.97. The Bertz CT molecular complexity index is 449. The summed E-state index contributed by atoms with van der Waals surface area (Å²) in [6.07, 6.45) is 1.86. The van der Waals surface area contributed by atoms with Crippen LogP contribution >= 0.6 is 11.8 Å². The lowest BCUT2D eigenvalue weighted by Crippen LogP contribution is -2.43. The zero-order valence-corrected chi connectivity index (χ0v) is 13.3. The van der Waals surface area contributed by atoms with Gasteiger partial charge in [0.2, 0.25) is 0 Å². The average molecular weight is 280 g/mol. The number of hydrogen-bond acceptors (Lipinski definition) is 4. The Kier molecular flexibility index (Phi) is 5.89. The zero-order chi connectivity index (χ0) is 14.5. The molecule has 0 bridgehead atoms. The number of thioether (sulfide) groups is 1. The molecule has 1 aromatic rings. The number of nitrogens with one attached hydrogen (secondary N) is 1. The molecule has 1 rings (SSSR count). The van der Waals surface area contributed by atoms with E-state index in [9.17, 15) is 5.26 Å². The molecule has 0 saturated heterocycles. The number of nitriles is 1. The van der Waals surface area contributed by atoms with Crippen molar-refractivity contribution in [2.75, 3.05) is 6.54 Å². The third-order valence-electron chi connectivity index (χ3n) is 2.99. The molecular weight excluding hydrogens is 256 g/mol. The van der Waals surface area contributed by atoms with Crippen LogP contribution in [0.1, 0.15) is 39.3 Å². The lowest BCUT2D eigenvalue weighted by molar-refractivity contribution is 0.418. The van der Waals surface area contributed by atoms with E-state index in [0.29, 0.717) is 5.25 Å². The Morgan fingerprint density at radius 2 is 2.32 bits per heavy atom. The van der Waals surface area contributed by atoms with Gasteiger partial charge in [-0.25, -0.2) is 0 Å². The van der Waals surface area contributed by atoms with Crippen LogP contribution in [-0.2, 0) is 7.05 Å². The van der Waals surface area contributed by atoms with Crippen molar-refractivity contribution >= 4 is 11.8 Å². The molecule has 0 spiro atoms. The van der Waals surface area contributed by atoms with Gasteiger partial charge in [-0.1, -0.05) is 13.8 Å². The van der Waals surface area contributed by atoms with Gasteiger partial charge in [0.25, 0.3) is 0 Å². The molecule has 4 nitrogen and oxygen atoms in total. The fourth-order valence-electron chi connectivity index (χ4n) is 2.08. The number of aryl methyl sites for hydroxylation is 2. The number of hydrogen-bond donors (Lipinski definition) is 1. The summed E-state index contributed by atoms with van der Waals surface area (Å²) >= 11 is 1.78. The van der Waals surface area contributed by atoms with Gasteiger partial charge >= 0.3 is 0 Å². The normalized spacial score (nSPS) is 15.8. The fourth-order valence-corrected chi connectivity index (χ4v) is 3.34. The van der Waals surface area contributed by atoms with Crippen LogP contribution in [0.5, 0.6) is 0 Å². The third kappa shape index (κ3) is 4.88. The van der Waals surface area contributed by atoms with Crippen molar-refractivity contribution in [3.05, 3.63) is 11.8 Å². The van der Waals surface area contributed by atoms with E-state index in [1.54, 1.807) is 11.8 Å². The Labute approximate surface area is 120 Å². The fraction of sp³-hybridized carbons (Fsp3) is 0.714. The first-order valence-electron chi connectivity index (χ1n) is 6.74. The molecule has 0 saturated carbocycles. The first-order chi connectivity index (χ1) is 8.90. The van der Waals surface area contributed by atoms with Gasteiger partial charge in [0.05, 0.1) is 16.8 Å². The molecule has 0 aliphatic rings. The predicted molar refractivity (Wildman–Crippen MR) is 80.2 cm³/mol. The van der Waals surface area contributed by atoms with Crippen molar-refractivity contribution < 1.29 is 0 Å². The summed E-state index contributed by atoms with van der Waals surface area (Å²) in [6, 6.07) is 4.49. The summed E-state index contributed by atoms with van der Waals surface area (Å²) in [5, 5.41) is 18.5. The summed E-state index contributed by atoms with van der Waals surface area (Å²) < 4.78 is 1.90. The molecule has 2 atom stereocenters. The minimum absolute atomic E-state index is 0.365. The smallest absolute Gasteiger partial charge is 0.104 e. The zero-order valence-electron chi connectivity index (χ0n) is 12.5. The lowest BCUT2D eigenvalue weighted by Gasteiger charge is -2.26. The highest BCUT2D eigenvalue weighted by atomic mass is 32.2. The Balaban J connectivity index is 2.61. The third-order valence-corrected chi connectivity index (χ3v) is 4.18. The van der Waals surface area contributed by atoms with Gasteiger partial charge in [0.1, 0.15) is 5.54 Å². The summed E-state index contributed by atoms with van der Waals surface area (Å²) in [4.78, 5) is 0. The molecule has 106 valence electrons. The maximum Gasteiger partial charge on any atom is 0.104 e. The molecule has 0 amide bonds. The van der Waals surface area contributed by atoms with Crippen molar-refractivity contribution in [2.24, 2.45) is 7.05 Å². The topological polar surface area (TPSA) is 53.6 Å². The maximum atomic E-state index is 9.35. The van der Waals surface area contributed by atoms with Crippen LogP contribution in [0.25, 0.3) is 0 Å². The molecule has 0 aliphatic carbocycles. The first kappa shape index (κ1) is 16.1. The second-order valence-corrected chi connectivity index (χ2v) is 6.71. The molecule has 2 unspecified atom stereocenters. The van der Waals surface area contributed by atoms with E-state index < -0.39 is 5.54 Å². The van der Waals surface area contributed by atoms with Crippen LogP contribution in [0.4, 0.5) is 0 Å². The van der Waals surface area contributed by atoms with Gasteiger partial charge in [0.15, 0.2) is 0 Å². The van der Waals surface area contributed by atoms with Crippen molar-refractivity contribution in [3.63, 3.8) is 0 Å². The molecule has 0 aliphatic heterocycles. The molecule has 1 aromatic heterocycles. The molecular formula is C14H24N4S. The van der Waals surface area contributed by atoms with E-state index in [4.69, 9.17) is 0 Å². The van der Waals surface area contributed by atoms with Gasteiger partial charge in [-0.3, -0.25) is 10.00 Å². The molecule has 5 heteroatoms. The van der Waals surface area contributed by atoms with E-state index in [-0.39, 0.29) is 0 Å². The van der Waals surface area contributed by atoms with E-state index in [1.165, 1.54) is 0 Å². The highest BCUT2D eigenvalue weighted by Crippen LogP contribution is 2.28. The van der Waals surface area contributed by atoms with Crippen LogP contribution in [0.15, 0.2) is 11.1 Å². The summed E-state index contributed by atoms with van der Waals surface area (Å²) in [6.45, 7) is 9.13. The number of rotatable bonds is 7. The van der Waals surface area contributed by atoms with Crippen LogP contribution in [0.3, 0.4) is 0 Å². The van der Waals surface area contributed by atoms with Crippen LogP contribution in [0.2, 0.25) is 0 Å². The molecule has 0 fully saturated rings. The lowest BCUT2D eigenvalue weighted by atomic mass is 9.98. The average Bonchev–Trinajstić information content (AvgIpc) is 2.65. The second-order valence-electron chi connectivity index (χ2n) is 5.25. The molecule has 1 N–H and O–H groups in total. The van der Waals surface area contributed by atoms with Crippen molar-refractivity contribution in [2.45, 2.75) is 56.4 Å². The van der Waals surface area contributed by atoms with Gasteiger partial charge in [0, 0.05) is 12.3 Å². The van der Waals surface area contributed by atoms with Crippen LogP contribution in [0, 0.1) is 18.3 Å². The van der Waals surface area contributed by atoms with Crippen molar-refractivity contribution in [1.82, 2.24) is 15.1 Å². The number of nitrogens with zero attached hydrogens (tertiary/aromatic N) is 3. The highest BCUT2D eigenvalue weighted by molar-refractivity contribution is 7.99. The summed E-state index contributed by atoms with van der Waals surface area (Å²) in [5.74, 6) is 0. The summed E-state index contributed by atoms with van der Waals surface area (Å²) in [7, 11) is 1.96. The van der Waals surface area contributed by atoms with Crippen molar-refractivity contribution in [1.29, 1.82) is 5.26 Å². The van der Waals surface area contributed by atoms with Gasteiger partial charge < -0.3 is 0 Å². The first-order valence-corrected chi connectivity index (χ1v) is 7.61. The summed E-state index contributed by atoms with van der Waals surface area (Å²) in [5.41, 5.74) is 0.583. The van der Waals surface area contributed by atoms with E-state index >= 15 is 0 Å². The van der Waals surface area contributed by atoms with Gasteiger partial charge in [-0.15, -0.1) is 11.8 Å². The maximum absolute atomic E-state index is 9.35. The molecule has 19 heavy (non-hydrogen) atoms. The minimum atomic E-state index is -0.448. The van der Waals surface area contributed by atoms with Crippen molar-refractivity contribution in [3.8, 4) is 6.07 Å². The Morgan fingerprint density at radius 1 is 1.63 bits per heavy atom. The molecule has 1 heterocycles. The minimum Gasteiger partial charge on any atom is -0.300 e. The largest absolute Gasteiger partial charge is 0.300 e. The highest BCUT2D eigenvalue weighted by Gasteiger charge is 2.26. The van der Waals surface area contributed by atoms with E-state index in [1.807, 2.05) is 25.6 Å². The molecule has 0 radical (unpaired) electrons. The standard InChI is InChI=1S/C14H24N4S/c1-6-7-16-14(4,10-15)9-12(3)19-13-8-11(2)17-18(13)5/h8,12,16H,6-7,9H2,1-5H3. The number of aromatic nitrogens is 2. The predicted octanol–water partition coefficient (Wildman–Crippen LogP) is 2.88. The quantitative estimate of drug-likeness (QED) is 0.780. The Hall–Kier alpha value is -0.990.